The number of piperazine rings is 1. The third-order valence-electron chi connectivity index (χ3n) is 5.18. The fourth-order valence-electron chi connectivity index (χ4n) is 3.37. The van der Waals surface area contributed by atoms with Crippen LogP contribution in [0.5, 0.6) is 5.75 Å². The third-order valence-corrected chi connectivity index (χ3v) is 5.18. The molecule has 1 aromatic heterocycles. The van der Waals surface area contributed by atoms with Crippen molar-refractivity contribution in [2.45, 2.75) is 13.3 Å². The number of nitrogens with one attached hydrogen (secondary N) is 1. The van der Waals surface area contributed by atoms with E-state index in [0.29, 0.717) is 37.3 Å². The molecule has 3 rings (SSSR count). The van der Waals surface area contributed by atoms with Gasteiger partial charge in [0.25, 0.3) is 11.8 Å². The van der Waals surface area contributed by atoms with Crippen LogP contribution in [0.4, 0.5) is 0 Å². The number of benzene rings is 1. The third kappa shape index (κ3) is 5.54. The molecular formula is C22H28N4O3. The highest BCUT2D eigenvalue weighted by Crippen LogP contribution is 2.13. The van der Waals surface area contributed by atoms with E-state index in [1.54, 1.807) is 24.1 Å². The van der Waals surface area contributed by atoms with Crippen LogP contribution in [0.3, 0.4) is 0 Å². The number of carbonyl (C=O) groups excluding carboxylic acids is 2. The fourth-order valence-corrected chi connectivity index (χ4v) is 3.37. The van der Waals surface area contributed by atoms with Gasteiger partial charge in [-0.05, 0) is 42.8 Å². The summed E-state index contributed by atoms with van der Waals surface area (Å²) in [7, 11) is 1.63. The predicted molar refractivity (Wildman–Crippen MR) is 111 cm³/mol. The number of pyridine rings is 1. The van der Waals surface area contributed by atoms with Crippen LogP contribution in [0.25, 0.3) is 0 Å². The maximum absolute atomic E-state index is 12.7. The minimum Gasteiger partial charge on any atom is -0.497 e. The van der Waals surface area contributed by atoms with Crippen LogP contribution in [-0.2, 0) is 6.42 Å². The molecule has 0 saturated carbocycles. The van der Waals surface area contributed by atoms with E-state index in [2.05, 4.69) is 22.1 Å². The zero-order chi connectivity index (χ0) is 20.6. The molecule has 2 heterocycles. The highest BCUT2D eigenvalue weighted by molar-refractivity contribution is 5.98. The minimum absolute atomic E-state index is 0.119. The number of aromatic nitrogens is 1. The van der Waals surface area contributed by atoms with Crippen molar-refractivity contribution >= 4 is 11.8 Å². The molecule has 1 fully saturated rings. The molecule has 0 atom stereocenters. The van der Waals surface area contributed by atoms with Crippen LogP contribution in [-0.4, -0.2) is 73.0 Å². The van der Waals surface area contributed by atoms with E-state index < -0.39 is 0 Å². The molecule has 154 valence electrons. The molecule has 0 spiro atoms. The van der Waals surface area contributed by atoms with Crippen molar-refractivity contribution in [1.82, 2.24) is 20.1 Å². The second kappa shape index (κ2) is 10.0. The summed E-state index contributed by atoms with van der Waals surface area (Å²) in [6, 6.07) is 11.0. The number of rotatable bonds is 7. The summed E-state index contributed by atoms with van der Waals surface area (Å²) in [5.74, 6) is 0.470. The largest absolute Gasteiger partial charge is 0.497 e. The van der Waals surface area contributed by atoms with Gasteiger partial charge in [0.2, 0.25) is 0 Å². The van der Waals surface area contributed by atoms with E-state index in [1.165, 1.54) is 6.20 Å². The first-order valence-corrected chi connectivity index (χ1v) is 9.99. The lowest BCUT2D eigenvalue weighted by Crippen LogP contribution is -2.48. The number of methoxy groups -OCH3 is 1. The Balaban J connectivity index is 1.55. The molecule has 0 radical (unpaired) electrons. The quantitative estimate of drug-likeness (QED) is 0.773. The summed E-state index contributed by atoms with van der Waals surface area (Å²) in [5, 5.41) is 2.90. The number of nitrogens with zero attached hydrogens (tertiary/aromatic N) is 3. The van der Waals surface area contributed by atoms with E-state index >= 15 is 0 Å². The molecule has 1 N–H and O–H groups in total. The van der Waals surface area contributed by atoms with Crippen molar-refractivity contribution < 1.29 is 14.3 Å². The zero-order valence-corrected chi connectivity index (χ0v) is 17.1. The summed E-state index contributed by atoms with van der Waals surface area (Å²) in [5.41, 5.74) is 1.85. The average molecular weight is 396 g/mol. The Morgan fingerprint density at radius 2 is 1.93 bits per heavy atom. The van der Waals surface area contributed by atoms with Crippen molar-refractivity contribution in [2.24, 2.45) is 0 Å². The Morgan fingerprint density at radius 1 is 1.14 bits per heavy atom. The summed E-state index contributed by atoms with van der Waals surface area (Å²) >= 11 is 0. The molecule has 2 aromatic rings. The van der Waals surface area contributed by atoms with Crippen molar-refractivity contribution in [1.29, 1.82) is 0 Å². The van der Waals surface area contributed by atoms with E-state index in [4.69, 9.17) is 4.74 Å². The fraction of sp³-hybridized carbons (Fsp3) is 0.409. The van der Waals surface area contributed by atoms with Crippen LogP contribution >= 0.6 is 0 Å². The van der Waals surface area contributed by atoms with E-state index in [9.17, 15) is 9.59 Å². The normalized spacial score (nSPS) is 14.5. The number of ether oxygens (including phenoxy) is 1. The molecule has 2 amide bonds. The highest BCUT2D eigenvalue weighted by atomic mass is 16.5. The number of hydrogen-bond acceptors (Lipinski definition) is 5. The van der Waals surface area contributed by atoms with E-state index in [-0.39, 0.29) is 11.8 Å². The van der Waals surface area contributed by atoms with Gasteiger partial charge in [0, 0.05) is 44.5 Å². The van der Waals surface area contributed by atoms with Gasteiger partial charge in [0.15, 0.2) is 0 Å². The Bertz CT molecular complexity index is 847. The van der Waals surface area contributed by atoms with Gasteiger partial charge in [-0.25, -0.2) is 0 Å². The first-order chi connectivity index (χ1) is 14.1. The second-order valence-electron chi connectivity index (χ2n) is 7.01. The molecule has 1 aromatic carbocycles. The van der Waals surface area contributed by atoms with Crippen LogP contribution in [0.15, 0.2) is 42.6 Å². The van der Waals surface area contributed by atoms with Gasteiger partial charge in [-0.3, -0.25) is 14.6 Å². The van der Waals surface area contributed by atoms with E-state index in [0.717, 1.165) is 30.9 Å². The molecule has 0 unspecified atom stereocenters. The van der Waals surface area contributed by atoms with Crippen LogP contribution < -0.4 is 10.1 Å². The molecular weight excluding hydrogens is 368 g/mol. The second-order valence-corrected chi connectivity index (χ2v) is 7.01. The van der Waals surface area contributed by atoms with Crippen molar-refractivity contribution in [2.75, 3.05) is 46.4 Å². The molecule has 7 nitrogen and oxygen atoms in total. The first kappa shape index (κ1) is 20.8. The predicted octanol–water partition coefficient (Wildman–Crippen LogP) is 1.84. The van der Waals surface area contributed by atoms with Gasteiger partial charge in [-0.2, -0.15) is 0 Å². The smallest absolute Gasteiger partial charge is 0.272 e. The molecule has 1 aliphatic heterocycles. The Kier molecular flexibility index (Phi) is 7.19. The van der Waals surface area contributed by atoms with Gasteiger partial charge in [0.05, 0.1) is 7.11 Å². The van der Waals surface area contributed by atoms with Crippen molar-refractivity contribution in [3.8, 4) is 5.75 Å². The Hall–Kier alpha value is -2.93. The number of likely N-dealkylation sites (N-methyl/N-ethyl adjacent to an activating group) is 1. The van der Waals surface area contributed by atoms with Gasteiger partial charge in [-0.1, -0.05) is 19.1 Å². The SMILES string of the molecule is CCN1CCN(C(=O)c2cc(C(=O)NCCc3cccc(OC)c3)ccn2)CC1. The lowest BCUT2D eigenvalue weighted by atomic mass is 10.1. The minimum atomic E-state index is -0.208. The lowest BCUT2D eigenvalue weighted by molar-refractivity contribution is 0.0637. The summed E-state index contributed by atoms with van der Waals surface area (Å²) in [4.78, 5) is 33.5. The molecule has 0 aliphatic carbocycles. The van der Waals surface area contributed by atoms with Gasteiger partial charge < -0.3 is 19.9 Å². The number of carbonyl (C=O) groups is 2. The number of amides is 2. The van der Waals surface area contributed by atoms with Crippen LogP contribution in [0.2, 0.25) is 0 Å². The molecule has 1 aliphatic rings. The van der Waals surface area contributed by atoms with Crippen LogP contribution in [0, 0.1) is 0 Å². The Morgan fingerprint density at radius 3 is 2.66 bits per heavy atom. The molecule has 0 bridgehead atoms. The average Bonchev–Trinajstić information content (AvgIpc) is 2.78. The summed E-state index contributed by atoms with van der Waals surface area (Å²) < 4.78 is 5.22. The Labute approximate surface area is 171 Å². The van der Waals surface area contributed by atoms with Gasteiger partial charge >= 0.3 is 0 Å². The summed E-state index contributed by atoms with van der Waals surface area (Å²) in [6.07, 6.45) is 2.22. The lowest BCUT2D eigenvalue weighted by Gasteiger charge is -2.33. The maximum atomic E-state index is 12.7. The van der Waals surface area contributed by atoms with Gasteiger partial charge in [0.1, 0.15) is 11.4 Å². The van der Waals surface area contributed by atoms with Gasteiger partial charge in [-0.15, -0.1) is 0 Å². The monoisotopic (exact) mass is 396 g/mol. The standard InChI is InChI=1S/C22H28N4O3/c1-3-25-11-13-26(14-12-25)22(28)20-16-18(8-10-23-20)21(27)24-9-7-17-5-4-6-19(15-17)29-2/h4-6,8,10,15-16H,3,7,9,11-14H2,1-2H3,(H,24,27). The highest BCUT2D eigenvalue weighted by Gasteiger charge is 2.22. The van der Waals surface area contributed by atoms with Crippen molar-refractivity contribution in [3.05, 3.63) is 59.4 Å². The van der Waals surface area contributed by atoms with Crippen LogP contribution in [0.1, 0.15) is 33.3 Å². The molecule has 7 heteroatoms. The molecule has 1 saturated heterocycles. The van der Waals surface area contributed by atoms with E-state index in [1.807, 2.05) is 24.3 Å². The molecule has 29 heavy (non-hydrogen) atoms. The zero-order valence-electron chi connectivity index (χ0n) is 17.1. The number of hydrogen-bond donors (Lipinski definition) is 1. The summed E-state index contributed by atoms with van der Waals surface area (Å²) in [6.45, 7) is 6.72. The van der Waals surface area contributed by atoms with Crippen molar-refractivity contribution in [3.63, 3.8) is 0 Å². The topological polar surface area (TPSA) is 74.8 Å². The first-order valence-electron chi connectivity index (χ1n) is 9.99. The maximum Gasteiger partial charge on any atom is 0.272 e.